The van der Waals surface area contributed by atoms with E-state index in [1.165, 1.54) is 52.1 Å². The van der Waals surface area contributed by atoms with Crippen molar-refractivity contribution < 1.29 is 0 Å². The molecule has 0 aromatic rings. The van der Waals surface area contributed by atoms with Crippen molar-refractivity contribution in [3.63, 3.8) is 0 Å². The summed E-state index contributed by atoms with van der Waals surface area (Å²) in [5.41, 5.74) is 0. The second-order valence-corrected chi connectivity index (χ2v) is 6.66. The van der Waals surface area contributed by atoms with Crippen LogP contribution in [0.5, 0.6) is 0 Å². The van der Waals surface area contributed by atoms with Gasteiger partial charge in [0.15, 0.2) is 0 Å². The maximum absolute atomic E-state index is 2.69. The minimum absolute atomic E-state index is 0.731. The van der Waals surface area contributed by atoms with Gasteiger partial charge in [-0.2, -0.15) is 0 Å². The van der Waals surface area contributed by atoms with E-state index in [1.807, 2.05) is 0 Å². The first kappa shape index (κ1) is 14.3. The molecular formula is C15H31N3. The first-order valence-corrected chi connectivity index (χ1v) is 7.73. The van der Waals surface area contributed by atoms with E-state index < -0.39 is 0 Å². The highest BCUT2D eigenvalue weighted by Crippen LogP contribution is 2.21. The van der Waals surface area contributed by atoms with Gasteiger partial charge in [-0.25, -0.2) is 0 Å². The van der Waals surface area contributed by atoms with Crippen LogP contribution in [0.2, 0.25) is 0 Å². The third-order valence-corrected chi connectivity index (χ3v) is 4.94. The number of nitrogens with zero attached hydrogens (tertiary/aromatic N) is 3. The number of likely N-dealkylation sites (tertiary alicyclic amines) is 1. The Morgan fingerprint density at radius 2 is 1.72 bits per heavy atom. The Hall–Kier alpha value is -0.120. The molecule has 0 aromatic heterocycles. The number of hydrogen-bond acceptors (Lipinski definition) is 3. The van der Waals surface area contributed by atoms with Crippen molar-refractivity contribution in [2.45, 2.75) is 45.7 Å². The van der Waals surface area contributed by atoms with Gasteiger partial charge >= 0.3 is 0 Å². The summed E-state index contributed by atoms with van der Waals surface area (Å²) in [7, 11) is 2.25. The average molecular weight is 253 g/mol. The molecule has 2 rings (SSSR count). The molecule has 3 nitrogen and oxygen atoms in total. The minimum Gasteiger partial charge on any atom is -0.301 e. The van der Waals surface area contributed by atoms with Crippen molar-refractivity contribution in [1.82, 2.24) is 14.7 Å². The monoisotopic (exact) mass is 253 g/mol. The van der Waals surface area contributed by atoms with Gasteiger partial charge in [-0.15, -0.1) is 0 Å². The molecule has 1 atom stereocenters. The molecular weight excluding hydrogens is 222 g/mol. The van der Waals surface area contributed by atoms with Crippen LogP contribution >= 0.6 is 0 Å². The third kappa shape index (κ3) is 3.69. The van der Waals surface area contributed by atoms with Crippen LogP contribution in [-0.4, -0.2) is 73.1 Å². The Bertz CT molecular complexity index is 246. The van der Waals surface area contributed by atoms with E-state index in [-0.39, 0.29) is 0 Å². The molecule has 0 unspecified atom stereocenters. The zero-order valence-corrected chi connectivity index (χ0v) is 12.7. The van der Waals surface area contributed by atoms with Crippen molar-refractivity contribution in [3.05, 3.63) is 0 Å². The lowest BCUT2D eigenvalue weighted by molar-refractivity contribution is 0.0711. The Kier molecular flexibility index (Phi) is 5.05. The van der Waals surface area contributed by atoms with Crippen molar-refractivity contribution in [2.24, 2.45) is 5.92 Å². The molecule has 0 saturated carbocycles. The molecule has 0 aliphatic carbocycles. The molecule has 18 heavy (non-hydrogen) atoms. The smallest absolute Gasteiger partial charge is 0.0192 e. The molecule has 0 aromatic carbocycles. The van der Waals surface area contributed by atoms with E-state index >= 15 is 0 Å². The van der Waals surface area contributed by atoms with Crippen LogP contribution in [0.4, 0.5) is 0 Å². The summed E-state index contributed by atoms with van der Waals surface area (Å²) in [6.07, 6.45) is 2.80. The molecule has 0 N–H and O–H groups in total. The lowest BCUT2D eigenvalue weighted by Gasteiger charge is -2.41. The van der Waals surface area contributed by atoms with E-state index in [2.05, 4.69) is 42.5 Å². The molecule has 2 fully saturated rings. The Labute approximate surface area is 113 Å². The van der Waals surface area contributed by atoms with Gasteiger partial charge in [0, 0.05) is 38.3 Å². The van der Waals surface area contributed by atoms with Gasteiger partial charge in [0.25, 0.3) is 0 Å². The van der Waals surface area contributed by atoms with Gasteiger partial charge in [0.2, 0.25) is 0 Å². The molecule has 106 valence electrons. The van der Waals surface area contributed by atoms with Crippen molar-refractivity contribution in [1.29, 1.82) is 0 Å². The molecule has 0 radical (unpaired) electrons. The Morgan fingerprint density at radius 1 is 1.06 bits per heavy atom. The summed E-state index contributed by atoms with van der Waals surface area (Å²) in [5, 5.41) is 0. The average Bonchev–Trinajstić information content (AvgIpc) is 2.34. The Balaban J connectivity index is 1.72. The van der Waals surface area contributed by atoms with Gasteiger partial charge in [0.05, 0.1) is 0 Å². The second kappa shape index (κ2) is 6.36. The quantitative estimate of drug-likeness (QED) is 0.758. The highest BCUT2D eigenvalue weighted by atomic mass is 15.3. The maximum atomic E-state index is 2.69. The molecule has 2 aliphatic heterocycles. The predicted molar refractivity (Wildman–Crippen MR) is 78.0 cm³/mol. The van der Waals surface area contributed by atoms with Gasteiger partial charge < -0.3 is 14.7 Å². The van der Waals surface area contributed by atoms with Crippen LogP contribution in [0.25, 0.3) is 0 Å². The number of piperazine rings is 1. The molecule has 2 aliphatic rings. The van der Waals surface area contributed by atoms with Crippen LogP contribution in [-0.2, 0) is 0 Å². The zero-order chi connectivity index (χ0) is 13.1. The van der Waals surface area contributed by atoms with Gasteiger partial charge in [-0.05, 0) is 59.7 Å². The summed E-state index contributed by atoms with van der Waals surface area (Å²) in [5.74, 6) is 0.940. The van der Waals surface area contributed by atoms with E-state index in [9.17, 15) is 0 Å². The lowest BCUT2D eigenvalue weighted by Crippen LogP contribution is -2.52. The van der Waals surface area contributed by atoms with Crippen LogP contribution in [0.15, 0.2) is 0 Å². The Morgan fingerprint density at radius 3 is 2.28 bits per heavy atom. The SMILES string of the molecule is CC(C)N1CCC(CN2CCN(C)[C@H](C)C2)CC1. The standard InChI is InChI=1S/C15H31N3/c1-13(2)18-7-5-15(6-8-18)12-17-10-9-16(4)14(3)11-17/h13-15H,5-12H2,1-4H3/t14-/m1/s1. The highest BCUT2D eigenvalue weighted by molar-refractivity contribution is 4.81. The van der Waals surface area contributed by atoms with E-state index in [0.717, 1.165) is 18.0 Å². The highest BCUT2D eigenvalue weighted by Gasteiger charge is 2.26. The zero-order valence-electron chi connectivity index (χ0n) is 12.7. The van der Waals surface area contributed by atoms with Gasteiger partial charge in [0.1, 0.15) is 0 Å². The lowest BCUT2D eigenvalue weighted by atomic mass is 9.95. The summed E-state index contributed by atoms with van der Waals surface area (Å²) in [6, 6.07) is 1.46. The third-order valence-electron chi connectivity index (χ3n) is 4.94. The van der Waals surface area contributed by atoms with Crippen molar-refractivity contribution in [3.8, 4) is 0 Å². The fourth-order valence-electron chi connectivity index (χ4n) is 3.31. The summed E-state index contributed by atoms with van der Waals surface area (Å²) < 4.78 is 0. The second-order valence-electron chi connectivity index (χ2n) is 6.66. The molecule has 2 saturated heterocycles. The van der Waals surface area contributed by atoms with Crippen LogP contribution in [0, 0.1) is 5.92 Å². The number of hydrogen-bond donors (Lipinski definition) is 0. The molecule has 3 heteroatoms. The van der Waals surface area contributed by atoms with Crippen molar-refractivity contribution in [2.75, 3.05) is 46.3 Å². The normalized spacial score (nSPS) is 30.2. The number of likely N-dealkylation sites (N-methyl/N-ethyl adjacent to an activating group) is 1. The maximum Gasteiger partial charge on any atom is 0.0192 e. The summed E-state index contributed by atoms with van der Waals surface area (Å²) >= 11 is 0. The minimum atomic E-state index is 0.731. The van der Waals surface area contributed by atoms with E-state index in [0.29, 0.717) is 0 Å². The van der Waals surface area contributed by atoms with Crippen LogP contribution < -0.4 is 0 Å². The van der Waals surface area contributed by atoms with Gasteiger partial charge in [-0.3, -0.25) is 0 Å². The van der Waals surface area contributed by atoms with Crippen LogP contribution in [0.1, 0.15) is 33.6 Å². The first-order valence-electron chi connectivity index (χ1n) is 7.73. The van der Waals surface area contributed by atoms with Crippen LogP contribution in [0.3, 0.4) is 0 Å². The fourth-order valence-corrected chi connectivity index (χ4v) is 3.31. The summed E-state index contributed by atoms with van der Waals surface area (Å²) in [4.78, 5) is 7.81. The van der Waals surface area contributed by atoms with Gasteiger partial charge in [-0.1, -0.05) is 0 Å². The number of piperidine rings is 1. The predicted octanol–water partition coefficient (Wildman–Crippen LogP) is 1.74. The molecule has 2 heterocycles. The molecule has 0 bridgehead atoms. The topological polar surface area (TPSA) is 9.72 Å². The molecule has 0 amide bonds. The fraction of sp³-hybridized carbons (Fsp3) is 1.00. The molecule has 0 spiro atoms. The first-order chi connectivity index (χ1) is 8.56. The van der Waals surface area contributed by atoms with E-state index in [1.54, 1.807) is 0 Å². The van der Waals surface area contributed by atoms with Crippen molar-refractivity contribution >= 4 is 0 Å². The largest absolute Gasteiger partial charge is 0.301 e. The summed E-state index contributed by atoms with van der Waals surface area (Å²) in [6.45, 7) is 14.7. The number of rotatable bonds is 3. The van der Waals surface area contributed by atoms with E-state index in [4.69, 9.17) is 0 Å².